The van der Waals surface area contributed by atoms with E-state index in [1.165, 1.54) is 6.07 Å². The van der Waals surface area contributed by atoms with Gasteiger partial charge >= 0.3 is 12.1 Å². The standard InChI is InChI=1S/C30H40F2N2O5/c1-9-38-25(35)16-23(33-28(36)24(13-17(2)3)34-29(37)39-30(6,7)8)21-14-20(15-22(31)27(21)32)26-18(4)11-10-12-19(26)5/h10-12,14-15,17,23-24H,9,13,16H2,1-8H3,(H,33,36)(H,34,37)/t23-,24-/m0/s1. The van der Waals surface area contributed by atoms with E-state index in [2.05, 4.69) is 10.6 Å². The molecule has 0 radical (unpaired) electrons. The fourth-order valence-electron chi connectivity index (χ4n) is 4.33. The molecule has 2 amide bonds. The summed E-state index contributed by atoms with van der Waals surface area (Å²) in [6.07, 6.45) is -0.983. The van der Waals surface area contributed by atoms with Crippen molar-refractivity contribution in [1.29, 1.82) is 0 Å². The number of rotatable bonds is 10. The van der Waals surface area contributed by atoms with Crippen molar-refractivity contribution in [3.63, 3.8) is 0 Å². The van der Waals surface area contributed by atoms with Gasteiger partial charge < -0.3 is 20.1 Å². The minimum atomic E-state index is -1.26. The van der Waals surface area contributed by atoms with Crippen molar-refractivity contribution in [3.8, 4) is 11.1 Å². The van der Waals surface area contributed by atoms with E-state index in [0.717, 1.165) is 22.8 Å². The normalized spacial score (nSPS) is 13.0. The van der Waals surface area contributed by atoms with Crippen molar-refractivity contribution in [3.05, 3.63) is 58.7 Å². The maximum absolute atomic E-state index is 15.3. The fraction of sp³-hybridized carbons (Fsp3) is 0.500. The van der Waals surface area contributed by atoms with Crippen LogP contribution in [0.2, 0.25) is 0 Å². The molecule has 2 N–H and O–H groups in total. The highest BCUT2D eigenvalue weighted by Gasteiger charge is 2.30. The summed E-state index contributed by atoms with van der Waals surface area (Å²) in [6, 6.07) is 5.83. The quantitative estimate of drug-likeness (QED) is 0.341. The van der Waals surface area contributed by atoms with Crippen LogP contribution in [-0.4, -0.2) is 36.2 Å². The molecule has 0 aliphatic rings. The predicted molar refractivity (Wildman–Crippen MR) is 146 cm³/mol. The molecule has 2 aromatic rings. The topological polar surface area (TPSA) is 93.7 Å². The number of amides is 2. The van der Waals surface area contributed by atoms with Gasteiger partial charge in [0.05, 0.1) is 19.1 Å². The van der Waals surface area contributed by atoms with E-state index in [1.807, 2.05) is 45.9 Å². The van der Waals surface area contributed by atoms with Crippen molar-refractivity contribution < 1.29 is 32.6 Å². The molecule has 0 spiro atoms. The number of aryl methyl sites for hydroxylation is 2. The number of esters is 1. The first-order chi connectivity index (χ1) is 18.1. The Balaban J connectivity index is 2.52. The number of hydrogen-bond donors (Lipinski definition) is 2. The van der Waals surface area contributed by atoms with E-state index in [1.54, 1.807) is 27.7 Å². The van der Waals surface area contributed by atoms with Gasteiger partial charge in [0.2, 0.25) is 5.91 Å². The van der Waals surface area contributed by atoms with Gasteiger partial charge in [-0.25, -0.2) is 13.6 Å². The Bertz CT molecular complexity index is 1170. The molecular weight excluding hydrogens is 506 g/mol. The number of ether oxygens (including phenoxy) is 2. The Hall–Kier alpha value is -3.49. The Morgan fingerprint density at radius 3 is 2.15 bits per heavy atom. The number of carbonyl (C=O) groups is 3. The van der Waals surface area contributed by atoms with Crippen LogP contribution in [0, 0.1) is 31.4 Å². The third kappa shape index (κ3) is 9.33. The fourth-order valence-corrected chi connectivity index (χ4v) is 4.33. The van der Waals surface area contributed by atoms with Crippen LogP contribution in [0.1, 0.15) is 77.1 Å². The van der Waals surface area contributed by atoms with E-state index in [0.29, 0.717) is 5.56 Å². The highest BCUT2D eigenvalue weighted by atomic mass is 19.2. The lowest BCUT2D eigenvalue weighted by Gasteiger charge is -2.27. The highest BCUT2D eigenvalue weighted by molar-refractivity contribution is 5.86. The van der Waals surface area contributed by atoms with E-state index in [4.69, 9.17) is 9.47 Å². The third-order valence-electron chi connectivity index (χ3n) is 5.91. The van der Waals surface area contributed by atoms with Gasteiger partial charge in [-0.05, 0) is 88.3 Å². The summed E-state index contributed by atoms with van der Waals surface area (Å²) in [7, 11) is 0. The second kappa shape index (κ2) is 13.5. The first-order valence-corrected chi connectivity index (χ1v) is 13.1. The molecule has 0 saturated carbocycles. The first kappa shape index (κ1) is 31.7. The number of nitrogens with one attached hydrogen (secondary N) is 2. The molecular formula is C30H40F2N2O5. The van der Waals surface area contributed by atoms with Gasteiger partial charge in [-0.1, -0.05) is 32.0 Å². The number of alkyl carbamates (subject to hydrolysis) is 1. The number of benzene rings is 2. The van der Waals surface area contributed by atoms with Crippen molar-refractivity contribution >= 4 is 18.0 Å². The van der Waals surface area contributed by atoms with Crippen LogP contribution in [0.4, 0.5) is 13.6 Å². The Morgan fingerprint density at radius 1 is 1.00 bits per heavy atom. The van der Waals surface area contributed by atoms with Crippen molar-refractivity contribution in [1.82, 2.24) is 10.6 Å². The summed E-state index contributed by atoms with van der Waals surface area (Å²) in [5, 5.41) is 5.22. The Kier molecular flexibility index (Phi) is 11.0. The van der Waals surface area contributed by atoms with Crippen LogP contribution >= 0.6 is 0 Å². The smallest absolute Gasteiger partial charge is 0.408 e. The average Bonchev–Trinajstić information content (AvgIpc) is 2.78. The Labute approximate surface area is 229 Å². The molecule has 0 saturated heterocycles. The van der Waals surface area contributed by atoms with E-state index in [9.17, 15) is 18.8 Å². The summed E-state index contributed by atoms with van der Waals surface area (Å²) in [6.45, 7) is 14.2. The molecule has 39 heavy (non-hydrogen) atoms. The minimum absolute atomic E-state index is 0.000679. The van der Waals surface area contributed by atoms with Crippen LogP contribution < -0.4 is 10.6 Å². The monoisotopic (exact) mass is 546 g/mol. The molecule has 0 unspecified atom stereocenters. The van der Waals surface area contributed by atoms with Crippen LogP contribution in [-0.2, 0) is 19.1 Å². The van der Waals surface area contributed by atoms with Gasteiger partial charge in [-0.3, -0.25) is 9.59 Å². The first-order valence-electron chi connectivity index (χ1n) is 13.1. The average molecular weight is 547 g/mol. The number of carbonyl (C=O) groups excluding carboxylic acids is 3. The van der Waals surface area contributed by atoms with Crippen LogP contribution in [0.3, 0.4) is 0 Å². The molecule has 9 heteroatoms. The number of hydrogen-bond acceptors (Lipinski definition) is 5. The Morgan fingerprint density at radius 2 is 1.62 bits per heavy atom. The molecule has 2 atom stereocenters. The number of halogens is 2. The molecule has 0 bridgehead atoms. The predicted octanol–water partition coefficient (Wildman–Crippen LogP) is 6.30. The molecule has 7 nitrogen and oxygen atoms in total. The molecule has 0 aliphatic heterocycles. The zero-order chi connectivity index (χ0) is 29.5. The summed E-state index contributed by atoms with van der Waals surface area (Å²) < 4.78 is 40.6. The van der Waals surface area contributed by atoms with Gasteiger partial charge in [0.25, 0.3) is 0 Å². The molecule has 2 aromatic carbocycles. The van der Waals surface area contributed by atoms with E-state index < -0.39 is 53.7 Å². The second-order valence-electron chi connectivity index (χ2n) is 11.0. The molecule has 0 heterocycles. The van der Waals surface area contributed by atoms with Crippen LogP contribution in [0.5, 0.6) is 0 Å². The summed E-state index contributed by atoms with van der Waals surface area (Å²) in [4.78, 5) is 38.3. The maximum atomic E-state index is 15.3. The molecule has 0 aliphatic carbocycles. The van der Waals surface area contributed by atoms with Crippen molar-refractivity contribution in [2.24, 2.45) is 5.92 Å². The zero-order valence-electron chi connectivity index (χ0n) is 24.0. The molecule has 214 valence electrons. The molecule has 0 fully saturated rings. The lowest BCUT2D eigenvalue weighted by atomic mass is 9.92. The maximum Gasteiger partial charge on any atom is 0.408 e. The van der Waals surface area contributed by atoms with E-state index in [-0.39, 0.29) is 24.5 Å². The van der Waals surface area contributed by atoms with Crippen molar-refractivity contribution in [2.75, 3.05) is 6.61 Å². The summed E-state index contributed by atoms with van der Waals surface area (Å²) in [5.74, 6) is -3.65. The van der Waals surface area contributed by atoms with Crippen LogP contribution in [0.25, 0.3) is 11.1 Å². The summed E-state index contributed by atoms with van der Waals surface area (Å²) >= 11 is 0. The van der Waals surface area contributed by atoms with Gasteiger partial charge in [0, 0.05) is 5.56 Å². The van der Waals surface area contributed by atoms with Gasteiger partial charge in [0.1, 0.15) is 11.6 Å². The van der Waals surface area contributed by atoms with Gasteiger partial charge in [-0.2, -0.15) is 0 Å². The minimum Gasteiger partial charge on any atom is -0.466 e. The van der Waals surface area contributed by atoms with Crippen molar-refractivity contribution in [2.45, 2.75) is 85.9 Å². The van der Waals surface area contributed by atoms with Crippen LogP contribution in [0.15, 0.2) is 30.3 Å². The lowest BCUT2D eigenvalue weighted by molar-refractivity contribution is -0.144. The summed E-state index contributed by atoms with van der Waals surface area (Å²) in [5.41, 5.74) is 1.86. The zero-order valence-corrected chi connectivity index (χ0v) is 24.0. The van der Waals surface area contributed by atoms with Gasteiger partial charge in [0.15, 0.2) is 11.6 Å². The highest BCUT2D eigenvalue weighted by Crippen LogP contribution is 2.33. The largest absolute Gasteiger partial charge is 0.466 e. The third-order valence-corrected chi connectivity index (χ3v) is 5.91. The van der Waals surface area contributed by atoms with Gasteiger partial charge in [-0.15, -0.1) is 0 Å². The molecule has 0 aromatic heterocycles. The van der Waals surface area contributed by atoms with E-state index >= 15 is 4.39 Å². The lowest BCUT2D eigenvalue weighted by Crippen LogP contribution is -2.49. The second-order valence-corrected chi connectivity index (χ2v) is 11.0. The SMILES string of the molecule is CCOC(=O)C[C@H](NC(=O)[C@H](CC(C)C)NC(=O)OC(C)(C)C)c1cc(-c2c(C)cccc2C)cc(F)c1F. The molecule has 2 rings (SSSR count).